The van der Waals surface area contributed by atoms with E-state index in [9.17, 15) is 4.79 Å². The largest absolute Gasteiger partial charge is 0.493 e. The highest BCUT2D eigenvalue weighted by atomic mass is 32.1. The quantitative estimate of drug-likeness (QED) is 0.484. The first-order valence-corrected chi connectivity index (χ1v) is 11.8. The zero-order valence-electron chi connectivity index (χ0n) is 18.2. The fourth-order valence-electron chi connectivity index (χ4n) is 3.81. The Labute approximate surface area is 196 Å². The van der Waals surface area contributed by atoms with Crippen LogP contribution in [0.4, 0.5) is 0 Å². The van der Waals surface area contributed by atoms with Gasteiger partial charge in [0.1, 0.15) is 0 Å². The maximum absolute atomic E-state index is 12.9. The zero-order valence-corrected chi connectivity index (χ0v) is 19.8. The van der Waals surface area contributed by atoms with Crippen molar-refractivity contribution in [2.75, 3.05) is 27.4 Å². The van der Waals surface area contributed by atoms with Crippen LogP contribution in [0.2, 0.25) is 0 Å². The number of aromatic amines is 1. The molecule has 0 bridgehead atoms. The van der Waals surface area contributed by atoms with E-state index in [1.54, 1.807) is 31.6 Å². The number of fused-ring (bicyclic) bond motifs is 1. The summed E-state index contributed by atoms with van der Waals surface area (Å²) in [5.41, 5.74) is 1.17. The third kappa shape index (κ3) is 5.23. The number of aromatic nitrogens is 1. The Morgan fingerprint density at radius 1 is 1.28 bits per heavy atom. The van der Waals surface area contributed by atoms with Gasteiger partial charge >= 0.3 is 0 Å². The van der Waals surface area contributed by atoms with Gasteiger partial charge < -0.3 is 29.4 Å². The Balaban J connectivity index is 1.58. The van der Waals surface area contributed by atoms with E-state index in [2.05, 4.69) is 16.4 Å². The summed E-state index contributed by atoms with van der Waals surface area (Å²) in [6, 6.07) is 9.62. The van der Waals surface area contributed by atoms with Crippen molar-refractivity contribution in [3.8, 4) is 11.5 Å². The smallest absolute Gasteiger partial charge is 0.253 e. The summed E-state index contributed by atoms with van der Waals surface area (Å²) >= 11 is 7.38. The molecule has 170 valence electrons. The Morgan fingerprint density at radius 3 is 2.78 bits per heavy atom. The van der Waals surface area contributed by atoms with Crippen molar-refractivity contribution in [3.05, 3.63) is 56.5 Å². The molecule has 0 aliphatic carbocycles. The number of methoxy groups -OCH3 is 2. The molecule has 1 fully saturated rings. The van der Waals surface area contributed by atoms with Gasteiger partial charge in [0, 0.05) is 35.0 Å². The van der Waals surface area contributed by atoms with Gasteiger partial charge in [-0.1, -0.05) is 6.07 Å². The second kappa shape index (κ2) is 10.3. The molecule has 1 unspecified atom stereocenters. The van der Waals surface area contributed by atoms with E-state index in [4.69, 9.17) is 26.4 Å². The van der Waals surface area contributed by atoms with Crippen molar-refractivity contribution in [1.29, 1.82) is 0 Å². The first-order valence-electron chi connectivity index (χ1n) is 10.5. The molecule has 32 heavy (non-hydrogen) atoms. The minimum atomic E-state index is -0.150. The van der Waals surface area contributed by atoms with E-state index in [-0.39, 0.29) is 11.7 Å². The van der Waals surface area contributed by atoms with Crippen molar-refractivity contribution in [3.63, 3.8) is 0 Å². The Hall–Kier alpha value is -2.62. The van der Waals surface area contributed by atoms with Gasteiger partial charge in [0.2, 0.25) is 0 Å². The maximum atomic E-state index is 12.9. The number of nitrogens with one attached hydrogen (secondary N) is 2. The van der Waals surface area contributed by atoms with Crippen LogP contribution in [-0.2, 0) is 17.8 Å². The molecule has 1 atom stereocenters. The van der Waals surface area contributed by atoms with Crippen molar-refractivity contribution in [2.24, 2.45) is 0 Å². The highest BCUT2D eigenvalue weighted by Crippen LogP contribution is 2.31. The number of nitrogens with zero attached hydrogens (tertiary/aromatic N) is 1. The van der Waals surface area contributed by atoms with Crippen LogP contribution in [0.1, 0.15) is 23.3 Å². The van der Waals surface area contributed by atoms with Gasteiger partial charge in [0.05, 0.1) is 38.9 Å². The Morgan fingerprint density at radius 2 is 2.09 bits per heavy atom. The fourth-order valence-corrected chi connectivity index (χ4v) is 4.74. The standard InChI is InChI=1S/C23H27N3O4S2/c1-28-20-10-15-9-16(22(27)25-19(15)11-21(20)29-2)13-26(14-18-6-4-8-32-18)23(31)24-12-17-5-3-7-30-17/h4,6,8-11,17H,3,5,7,12-14H2,1-2H3,(H,24,31)(H,25,27). The van der Waals surface area contributed by atoms with Crippen LogP contribution < -0.4 is 20.3 Å². The summed E-state index contributed by atoms with van der Waals surface area (Å²) < 4.78 is 16.5. The lowest BCUT2D eigenvalue weighted by Crippen LogP contribution is -2.42. The molecule has 1 aliphatic heterocycles. The van der Waals surface area contributed by atoms with Gasteiger partial charge in [-0.3, -0.25) is 4.79 Å². The molecular weight excluding hydrogens is 446 g/mol. The van der Waals surface area contributed by atoms with Gasteiger partial charge in [-0.05, 0) is 48.6 Å². The van der Waals surface area contributed by atoms with Crippen molar-refractivity contribution in [1.82, 2.24) is 15.2 Å². The molecule has 3 heterocycles. The van der Waals surface area contributed by atoms with Crippen molar-refractivity contribution < 1.29 is 14.2 Å². The predicted molar refractivity (Wildman–Crippen MR) is 131 cm³/mol. The van der Waals surface area contributed by atoms with Gasteiger partial charge in [-0.2, -0.15) is 0 Å². The molecular formula is C23H27N3O4S2. The maximum Gasteiger partial charge on any atom is 0.253 e. The summed E-state index contributed by atoms with van der Waals surface area (Å²) in [4.78, 5) is 19.0. The second-order valence-corrected chi connectivity index (χ2v) is 9.09. The van der Waals surface area contributed by atoms with Crippen LogP contribution in [-0.4, -0.2) is 48.5 Å². The lowest BCUT2D eigenvalue weighted by atomic mass is 10.1. The summed E-state index contributed by atoms with van der Waals surface area (Å²) in [5.74, 6) is 1.18. The normalized spacial score (nSPS) is 15.6. The molecule has 1 saturated heterocycles. The van der Waals surface area contributed by atoms with E-state index in [0.717, 1.165) is 24.8 Å². The number of hydrogen-bond donors (Lipinski definition) is 2. The van der Waals surface area contributed by atoms with E-state index < -0.39 is 0 Å². The van der Waals surface area contributed by atoms with Crippen LogP contribution in [0.25, 0.3) is 10.9 Å². The third-order valence-electron chi connectivity index (χ3n) is 5.51. The molecule has 1 aromatic carbocycles. The summed E-state index contributed by atoms with van der Waals surface area (Å²) in [5, 5.41) is 6.86. The van der Waals surface area contributed by atoms with Crippen LogP contribution in [0, 0.1) is 0 Å². The fraction of sp³-hybridized carbons (Fsp3) is 0.391. The van der Waals surface area contributed by atoms with E-state index in [0.29, 0.717) is 47.3 Å². The number of pyridine rings is 1. The molecule has 0 saturated carbocycles. The van der Waals surface area contributed by atoms with E-state index in [1.165, 1.54) is 4.88 Å². The van der Waals surface area contributed by atoms with Crippen molar-refractivity contribution >= 4 is 39.6 Å². The molecule has 0 spiro atoms. The first kappa shape index (κ1) is 22.6. The molecule has 0 radical (unpaired) electrons. The number of H-pyrrole nitrogens is 1. The lowest BCUT2D eigenvalue weighted by Gasteiger charge is -2.26. The highest BCUT2D eigenvalue weighted by Gasteiger charge is 2.19. The summed E-state index contributed by atoms with van der Waals surface area (Å²) in [7, 11) is 3.17. The monoisotopic (exact) mass is 473 g/mol. The highest BCUT2D eigenvalue weighted by molar-refractivity contribution is 7.80. The number of thiocarbonyl (C=S) groups is 1. The zero-order chi connectivity index (χ0) is 22.5. The number of rotatable bonds is 8. The lowest BCUT2D eigenvalue weighted by molar-refractivity contribution is 0.113. The number of hydrogen-bond acceptors (Lipinski definition) is 6. The molecule has 7 nitrogen and oxygen atoms in total. The molecule has 2 N–H and O–H groups in total. The Kier molecular flexibility index (Phi) is 7.29. The van der Waals surface area contributed by atoms with E-state index >= 15 is 0 Å². The summed E-state index contributed by atoms with van der Waals surface area (Å²) in [6.07, 6.45) is 2.30. The second-order valence-electron chi connectivity index (χ2n) is 7.67. The minimum absolute atomic E-state index is 0.150. The average molecular weight is 474 g/mol. The molecule has 9 heteroatoms. The third-order valence-corrected chi connectivity index (χ3v) is 6.77. The van der Waals surface area contributed by atoms with Crippen LogP contribution in [0.3, 0.4) is 0 Å². The molecule has 4 rings (SSSR count). The van der Waals surface area contributed by atoms with Gasteiger partial charge in [0.25, 0.3) is 5.56 Å². The Bertz CT molecular complexity index is 1120. The van der Waals surface area contributed by atoms with Crippen LogP contribution in [0.15, 0.2) is 40.5 Å². The topological polar surface area (TPSA) is 75.8 Å². The SMILES string of the molecule is COc1cc2cc(CN(Cc3cccs3)C(=S)NCC3CCCO3)c(=O)[nH]c2cc1OC. The minimum Gasteiger partial charge on any atom is -0.493 e. The van der Waals surface area contributed by atoms with Gasteiger partial charge in [-0.15, -0.1) is 11.3 Å². The number of ether oxygens (including phenoxy) is 3. The number of thiophene rings is 1. The van der Waals surface area contributed by atoms with E-state index in [1.807, 2.05) is 28.5 Å². The average Bonchev–Trinajstić information content (AvgIpc) is 3.51. The molecule has 2 aromatic heterocycles. The number of benzene rings is 1. The molecule has 3 aromatic rings. The van der Waals surface area contributed by atoms with Crippen LogP contribution >= 0.6 is 23.6 Å². The van der Waals surface area contributed by atoms with Crippen molar-refractivity contribution in [2.45, 2.75) is 32.0 Å². The predicted octanol–water partition coefficient (Wildman–Crippen LogP) is 3.66. The first-order chi connectivity index (χ1) is 15.6. The summed E-state index contributed by atoms with van der Waals surface area (Å²) in [6.45, 7) is 2.48. The van der Waals surface area contributed by atoms with Gasteiger partial charge in [0.15, 0.2) is 16.6 Å². The molecule has 0 amide bonds. The van der Waals surface area contributed by atoms with Crippen LogP contribution in [0.5, 0.6) is 11.5 Å². The molecule has 1 aliphatic rings. The van der Waals surface area contributed by atoms with Gasteiger partial charge in [-0.25, -0.2) is 0 Å².